The first-order chi connectivity index (χ1) is 7.74. The molecular weight excluding hydrogens is 229 g/mol. The molecule has 0 amide bonds. The first-order valence-corrected chi connectivity index (χ1v) is 5.52. The lowest BCUT2D eigenvalue weighted by molar-refractivity contribution is 0.626. The monoisotopic (exact) mass is 237 g/mol. The molecule has 0 aliphatic rings. The second kappa shape index (κ2) is 4.89. The van der Waals surface area contributed by atoms with Gasteiger partial charge in [0.25, 0.3) is 5.56 Å². The van der Waals surface area contributed by atoms with Gasteiger partial charge < -0.3 is 0 Å². The zero-order chi connectivity index (χ0) is 11.4. The molecule has 1 aromatic carbocycles. The average Bonchev–Trinajstić information content (AvgIpc) is 2.27. The third-order valence-corrected chi connectivity index (χ3v) is 2.75. The molecule has 1 aromatic heterocycles. The van der Waals surface area contributed by atoms with E-state index in [1.54, 1.807) is 6.07 Å². The molecule has 0 radical (unpaired) electrons. The highest BCUT2D eigenvalue weighted by atomic mass is 32.2. The number of nitrogens with one attached hydrogen (secondary N) is 1. The Kier molecular flexibility index (Phi) is 3.31. The topological polar surface area (TPSA) is 58.6 Å². The molecule has 0 spiro atoms. The van der Waals surface area contributed by atoms with E-state index in [1.165, 1.54) is 23.9 Å². The highest BCUT2D eigenvalue weighted by Crippen LogP contribution is 2.17. The van der Waals surface area contributed by atoms with Crippen molar-refractivity contribution in [2.24, 2.45) is 0 Å². The number of aromatic nitrogens is 3. The van der Waals surface area contributed by atoms with Crippen molar-refractivity contribution in [1.29, 1.82) is 0 Å². The molecule has 16 heavy (non-hydrogen) atoms. The van der Waals surface area contributed by atoms with Gasteiger partial charge in [0.1, 0.15) is 12.0 Å². The molecule has 1 heterocycles. The van der Waals surface area contributed by atoms with Crippen molar-refractivity contribution in [2.75, 3.05) is 0 Å². The Morgan fingerprint density at radius 3 is 3.06 bits per heavy atom. The molecule has 0 saturated carbocycles. The number of thioether (sulfide) groups is 1. The van der Waals surface area contributed by atoms with Gasteiger partial charge in [-0.25, -0.2) is 4.39 Å². The maximum atomic E-state index is 12.9. The Hall–Kier alpha value is -1.69. The van der Waals surface area contributed by atoms with Crippen LogP contribution in [0.3, 0.4) is 0 Å². The lowest BCUT2D eigenvalue weighted by atomic mass is 10.2. The van der Waals surface area contributed by atoms with Crippen LogP contribution in [0.15, 0.2) is 40.4 Å². The molecule has 6 heteroatoms. The van der Waals surface area contributed by atoms with Gasteiger partial charge in [0, 0.05) is 5.75 Å². The Balaban J connectivity index is 2.05. The Morgan fingerprint density at radius 2 is 2.31 bits per heavy atom. The first-order valence-electron chi connectivity index (χ1n) is 4.53. The molecule has 0 atom stereocenters. The number of hydrogen-bond donors (Lipinski definition) is 1. The molecule has 1 N–H and O–H groups in total. The van der Waals surface area contributed by atoms with Crippen molar-refractivity contribution < 1.29 is 4.39 Å². The highest BCUT2D eigenvalue weighted by molar-refractivity contribution is 7.98. The van der Waals surface area contributed by atoms with Crippen LogP contribution >= 0.6 is 11.8 Å². The number of benzene rings is 1. The second-order valence-corrected chi connectivity index (χ2v) is 4.02. The maximum absolute atomic E-state index is 12.9. The number of H-pyrrole nitrogens is 1. The van der Waals surface area contributed by atoms with Crippen LogP contribution in [-0.4, -0.2) is 15.2 Å². The summed E-state index contributed by atoms with van der Waals surface area (Å²) in [7, 11) is 0. The van der Waals surface area contributed by atoms with Crippen LogP contribution in [0.2, 0.25) is 0 Å². The quantitative estimate of drug-likeness (QED) is 0.824. The largest absolute Gasteiger partial charge is 0.299 e. The fourth-order valence-electron chi connectivity index (χ4n) is 1.14. The van der Waals surface area contributed by atoms with E-state index >= 15 is 0 Å². The molecule has 2 aromatic rings. The Labute approximate surface area is 94.9 Å². The minimum absolute atomic E-state index is 0.272. The average molecular weight is 237 g/mol. The zero-order valence-corrected chi connectivity index (χ0v) is 9.00. The Morgan fingerprint density at radius 1 is 1.44 bits per heavy atom. The summed E-state index contributed by atoms with van der Waals surface area (Å²) in [6.45, 7) is 0. The minimum Gasteiger partial charge on any atom is -0.299 e. The number of hydrogen-bond acceptors (Lipinski definition) is 4. The van der Waals surface area contributed by atoms with Crippen LogP contribution in [0.1, 0.15) is 5.56 Å². The van der Waals surface area contributed by atoms with Crippen molar-refractivity contribution in [3.63, 3.8) is 0 Å². The van der Waals surface area contributed by atoms with Crippen LogP contribution in [0.25, 0.3) is 0 Å². The molecule has 0 aliphatic carbocycles. The predicted octanol–water partition coefficient (Wildman–Crippen LogP) is 1.60. The molecule has 4 nitrogen and oxygen atoms in total. The van der Waals surface area contributed by atoms with E-state index < -0.39 is 0 Å². The summed E-state index contributed by atoms with van der Waals surface area (Å²) in [6, 6.07) is 6.29. The smallest absolute Gasteiger partial charge is 0.270 e. The summed E-state index contributed by atoms with van der Waals surface area (Å²) in [4.78, 5) is 13.5. The third kappa shape index (κ3) is 2.90. The minimum atomic E-state index is -0.295. The maximum Gasteiger partial charge on any atom is 0.270 e. The highest BCUT2D eigenvalue weighted by Gasteiger charge is 2.00. The second-order valence-electron chi connectivity index (χ2n) is 3.06. The zero-order valence-electron chi connectivity index (χ0n) is 8.18. The summed E-state index contributed by atoms with van der Waals surface area (Å²) < 4.78 is 12.9. The summed E-state index contributed by atoms with van der Waals surface area (Å²) in [5, 5.41) is 7.69. The van der Waals surface area contributed by atoms with Crippen LogP contribution in [0, 0.1) is 5.82 Å². The van der Waals surface area contributed by atoms with Gasteiger partial charge in [0.15, 0.2) is 5.16 Å². The van der Waals surface area contributed by atoms with E-state index in [4.69, 9.17) is 0 Å². The summed E-state index contributed by atoms with van der Waals surface area (Å²) in [5.74, 6) is 0.262. The van der Waals surface area contributed by atoms with Gasteiger partial charge in [0.2, 0.25) is 0 Å². The first kappa shape index (κ1) is 10.8. The lowest BCUT2D eigenvalue weighted by Crippen LogP contribution is -2.08. The molecule has 0 aliphatic heterocycles. The normalized spacial score (nSPS) is 10.3. The molecule has 0 fully saturated rings. The number of rotatable bonds is 3. The third-order valence-electron chi connectivity index (χ3n) is 1.82. The molecule has 82 valence electrons. The molecule has 0 bridgehead atoms. The molecule has 0 saturated heterocycles. The van der Waals surface area contributed by atoms with E-state index in [0.29, 0.717) is 10.9 Å². The van der Waals surface area contributed by atoms with Gasteiger partial charge in [0.05, 0.1) is 0 Å². The SMILES string of the molecule is O=c1cnnc(SCc2cccc(F)c2)[nH]1. The summed E-state index contributed by atoms with van der Waals surface area (Å²) in [6.07, 6.45) is 1.10. The van der Waals surface area contributed by atoms with Gasteiger partial charge in [-0.2, -0.15) is 5.10 Å². The fourth-order valence-corrected chi connectivity index (χ4v) is 1.90. The van der Waals surface area contributed by atoms with Crippen molar-refractivity contribution in [3.8, 4) is 0 Å². The Bertz CT molecular complexity index is 543. The summed E-state index contributed by atoms with van der Waals surface area (Å²) in [5.41, 5.74) is 0.535. The van der Waals surface area contributed by atoms with Crippen LogP contribution < -0.4 is 5.56 Å². The van der Waals surface area contributed by atoms with Crippen molar-refractivity contribution in [3.05, 3.63) is 52.2 Å². The van der Waals surface area contributed by atoms with Crippen molar-refractivity contribution in [2.45, 2.75) is 10.9 Å². The van der Waals surface area contributed by atoms with Gasteiger partial charge in [-0.3, -0.25) is 9.78 Å². The van der Waals surface area contributed by atoms with E-state index in [0.717, 1.165) is 11.8 Å². The molecule has 0 unspecified atom stereocenters. The van der Waals surface area contributed by atoms with Gasteiger partial charge in [-0.1, -0.05) is 23.9 Å². The van der Waals surface area contributed by atoms with Crippen molar-refractivity contribution in [1.82, 2.24) is 15.2 Å². The lowest BCUT2D eigenvalue weighted by Gasteiger charge is -2.00. The predicted molar refractivity (Wildman–Crippen MR) is 58.6 cm³/mol. The van der Waals surface area contributed by atoms with Crippen LogP contribution in [0.5, 0.6) is 0 Å². The van der Waals surface area contributed by atoms with Gasteiger partial charge >= 0.3 is 0 Å². The van der Waals surface area contributed by atoms with E-state index in [2.05, 4.69) is 15.2 Å². The summed E-state index contributed by atoms with van der Waals surface area (Å²) >= 11 is 1.30. The fraction of sp³-hybridized carbons (Fsp3) is 0.100. The van der Waals surface area contributed by atoms with Gasteiger partial charge in [-0.15, -0.1) is 5.10 Å². The molecule has 2 rings (SSSR count). The van der Waals surface area contributed by atoms with Crippen LogP contribution in [0.4, 0.5) is 4.39 Å². The van der Waals surface area contributed by atoms with Crippen molar-refractivity contribution >= 4 is 11.8 Å². The van der Waals surface area contributed by atoms with E-state index in [9.17, 15) is 9.18 Å². The number of halogens is 1. The number of aromatic amines is 1. The molecular formula is C10H8FN3OS. The van der Waals surface area contributed by atoms with Crippen LogP contribution in [-0.2, 0) is 5.75 Å². The number of nitrogens with zero attached hydrogens (tertiary/aromatic N) is 2. The van der Waals surface area contributed by atoms with E-state index in [1.807, 2.05) is 6.07 Å². The van der Waals surface area contributed by atoms with E-state index in [-0.39, 0.29) is 11.4 Å². The standard InChI is InChI=1S/C10H8FN3OS/c11-8-3-1-2-7(4-8)6-16-10-13-9(15)5-12-14-10/h1-5H,6H2,(H,13,14,15). The van der Waals surface area contributed by atoms with Gasteiger partial charge in [-0.05, 0) is 17.7 Å².